The molecule has 0 saturated heterocycles. The SMILES string of the molecule is CSC(C)CNC(=O)c1sc(NC(C)(C)C)nc1N. The highest BCUT2D eigenvalue weighted by Crippen LogP contribution is 2.27. The summed E-state index contributed by atoms with van der Waals surface area (Å²) in [6, 6.07) is 0. The number of rotatable bonds is 5. The van der Waals surface area contributed by atoms with Gasteiger partial charge in [0.1, 0.15) is 10.7 Å². The average Bonchev–Trinajstić information content (AvgIpc) is 2.64. The Bertz CT molecular complexity index is 439. The van der Waals surface area contributed by atoms with Gasteiger partial charge in [0.2, 0.25) is 0 Å². The number of anilines is 2. The Kier molecular flexibility index (Phi) is 5.49. The highest BCUT2D eigenvalue weighted by molar-refractivity contribution is 7.99. The summed E-state index contributed by atoms with van der Waals surface area (Å²) in [5.41, 5.74) is 5.69. The van der Waals surface area contributed by atoms with Crippen LogP contribution in [0.2, 0.25) is 0 Å². The van der Waals surface area contributed by atoms with Gasteiger partial charge in [-0.25, -0.2) is 4.98 Å². The molecule has 0 saturated carbocycles. The number of carbonyl (C=O) groups is 1. The normalized spacial score (nSPS) is 13.1. The molecule has 7 heteroatoms. The lowest BCUT2D eigenvalue weighted by Crippen LogP contribution is -2.29. The van der Waals surface area contributed by atoms with Crippen molar-refractivity contribution in [2.75, 3.05) is 23.9 Å². The minimum Gasteiger partial charge on any atom is -0.382 e. The molecule has 0 radical (unpaired) electrons. The van der Waals surface area contributed by atoms with Gasteiger partial charge in [0, 0.05) is 17.3 Å². The topological polar surface area (TPSA) is 80.0 Å². The number of nitrogens with two attached hydrogens (primary N) is 1. The van der Waals surface area contributed by atoms with Crippen LogP contribution in [0.25, 0.3) is 0 Å². The number of thioether (sulfide) groups is 1. The van der Waals surface area contributed by atoms with E-state index in [9.17, 15) is 4.79 Å². The molecular weight excluding hydrogens is 280 g/mol. The van der Waals surface area contributed by atoms with Gasteiger partial charge in [-0.3, -0.25) is 4.79 Å². The van der Waals surface area contributed by atoms with E-state index < -0.39 is 0 Å². The number of nitrogens with one attached hydrogen (secondary N) is 2. The zero-order valence-electron chi connectivity index (χ0n) is 12.0. The van der Waals surface area contributed by atoms with Crippen LogP contribution in [0.5, 0.6) is 0 Å². The van der Waals surface area contributed by atoms with Gasteiger partial charge in [-0.15, -0.1) is 0 Å². The van der Waals surface area contributed by atoms with Crippen molar-refractivity contribution in [3.8, 4) is 0 Å². The maximum Gasteiger partial charge on any atom is 0.265 e. The van der Waals surface area contributed by atoms with Crippen molar-refractivity contribution in [1.29, 1.82) is 0 Å². The first kappa shape index (κ1) is 16.1. The van der Waals surface area contributed by atoms with Gasteiger partial charge in [-0.2, -0.15) is 11.8 Å². The van der Waals surface area contributed by atoms with E-state index in [1.807, 2.05) is 27.0 Å². The van der Waals surface area contributed by atoms with Crippen molar-refractivity contribution in [3.05, 3.63) is 4.88 Å². The molecule has 1 heterocycles. The summed E-state index contributed by atoms with van der Waals surface area (Å²) in [6.45, 7) is 8.78. The Morgan fingerprint density at radius 1 is 1.53 bits per heavy atom. The van der Waals surface area contributed by atoms with Gasteiger partial charge >= 0.3 is 0 Å². The van der Waals surface area contributed by atoms with Crippen molar-refractivity contribution in [2.24, 2.45) is 0 Å². The lowest BCUT2D eigenvalue weighted by atomic mass is 10.1. The second-order valence-corrected chi connectivity index (χ2v) is 7.64. The van der Waals surface area contributed by atoms with Crippen molar-refractivity contribution in [1.82, 2.24) is 10.3 Å². The summed E-state index contributed by atoms with van der Waals surface area (Å²) in [7, 11) is 0. The molecular formula is C12H22N4OS2. The Hall–Kier alpha value is -0.950. The first-order valence-electron chi connectivity index (χ1n) is 6.08. The van der Waals surface area contributed by atoms with E-state index in [1.165, 1.54) is 11.3 Å². The monoisotopic (exact) mass is 302 g/mol. The number of carbonyl (C=O) groups excluding carboxylic acids is 1. The number of aromatic nitrogens is 1. The largest absolute Gasteiger partial charge is 0.382 e. The van der Waals surface area contributed by atoms with Crippen molar-refractivity contribution in [3.63, 3.8) is 0 Å². The van der Waals surface area contributed by atoms with E-state index in [-0.39, 0.29) is 17.3 Å². The van der Waals surface area contributed by atoms with Crippen molar-refractivity contribution < 1.29 is 4.79 Å². The fourth-order valence-electron chi connectivity index (χ4n) is 1.27. The predicted molar refractivity (Wildman–Crippen MR) is 85.2 cm³/mol. The van der Waals surface area contributed by atoms with E-state index in [2.05, 4.69) is 22.5 Å². The fourth-order valence-corrected chi connectivity index (χ4v) is 2.53. The summed E-state index contributed by atoms with van der Waals surface area (Å²) in [6.07, 6.45) is 2.02. The van der Waals surface area contributed by atoms with Crippen LogP contribution in [0.3, 0.4) is 0 Å². The van der Waals surface area contributed by atoms with E-state index in [0.29, 0.717) is 21.8 Å². The molecule has 0 spiro atoms. The molecule has 4 N–H and O–H groups in total. The molecule has 1 rings (SSSR count). The van der Waals surface area contributed by atoms with E-state index in [0.717, 1.165) is 0 Å². The minimum atomic E-state index is -0.155. The summed E-state index contributed by atoms with van der Waals surface area (Å²) in [4.78, 5) is 16.7. The molecule has 1 amide bonds. The minimum absolute atomic E-state index is 0.106. The molecule has 19 heavy (non-hydrogen) atoms. The molecule has 1 atom stereocenters. The molecule has 0 aliphatic heterocycles. The van der Waals surface area contributed by atoms with E-state index in [4.69, 9.17) is 5.73 Å². The number of hydrogen-bond acceptors (Lipinski definition) is 6. The lowest BCUT2D eigenvalue weighted by molar-refractivity contribution is 0.0959. The van der Waals surface area contributed by atoms with E-state index in [1.54, 1.807) is 11.8 Å². The van der Waals surface area contributed by atoms with Crippen molar-refractivity contribution in [2.45, 2.75) is 38.5 Å². The number of amides is 1. The molecule has 1 aromatic heterocycles. The third-order valence-corrected chi connectivity index (χ3v) is 4.25. The fraction of sp³-hybridized carbons (Fsp3) is 0.667. The second kappa shape index (κ2) is 6.47. The van der Waals surface area contributed by atoms with Crippen LogP contribution in [-0.2, 0) is 0 Å². The van der Waals surface area contributed by atoms with Crippen LogP contribution in [-0.4, -0.2) is 34.5 Å². The number of nitrogen functional groups attached to an aromatic ring is 1. The van der Waals surface area contributed by atoms with Gasteiger partial charge in [0.25, 0.3) is 5.91 Å². The van der Waals surface area contributed by atoms with E-state index >= 15 is 0 Å². The predicted octanol–water partition coefficient (Wildman–Crippen LogP) is 2.42. The molecule has 1 aromatic rings. The standard InChI is InChI=1S/C12H22N4OS2/c1-7(18-5)6-14-10(17)8-9(13)15-11(19-8)16-12(2,3)4/h7H,6,13H2,1-5H3,(H,14,17)(H,15,16). The third-order valence-electron chi connectivity index (χ3n) is 2.29. The van der Waals surface area contributed by atoms with Gasteiger partial charge in [-0.1, -0.05) is 18.3 Å². The smallest absolute Gasteiger partial charge is 0.265 e. The summed E-state index contributed by atoms with van der Waals surface area (Å²) in [5, 5.41) is 7.14. The highest BCUT2D eigenvalue weighted by atomic mass is 32.2. The van der Waals surface area contributed by atoms with Gasteiger partial charge < -0.3 is 16.4 Å². The summed E-state index contributed by atoms with van der Waals surface area (Å²) >= 11 is 3.00. The zero-order valence-corrected chi connectivity index (χ0v) is 13.7. The summed E-state index contributed by atoms with van der Waals surface area (Å²) in [5.74, 6) is 0.129. The van der Waals surface area contributed by atoms with Crippen LogP contribution in [0, 0.1) is 0 Å². The maximum absolute atomic E-state index is 12.0. The second-order valence-electron chi connectivity index (χ2n) is 5.36. The number of thiazole rings is 1. The molecule has 0 fully saturated rings. The lowest BCUT2D eigenvalue weighted by Gasteiger charge is -2.19. The number of nitrogens with zero attached hydrogens (tertiary/aromatic N) is 1. The third kappa shape index (κ3) is 5.28. The molecule has 0 bridgehead atoms. The first-order valence-corrected chi connectivity index (χ1v) is 8.19. The molecule has 0 aliphatic rings. The van der Waals surface area contributed by atoms with Crippen LogP contribution < -0.4 is 16.4 Å². The Labute approximate surface area is 122 Å². The molecule has 108 valence electrons. The Balaban J connectivity index is 2.70. The molecule has 0 aromatic carbocycles. The quantitative estimate of drug-likeness (QED) is 0.778. The Morgan fingerprint density at radius 3 is 2.68 bits per heavy atom. The Morgan fingerprint density at radius 2 is 2.16 bits per heavy atom. The van der Waals surface area contributed by atoms with Crippen molar-refractivity contribution >= 4 is 40.0 Å². The molecule has 5 nitrogen and oxygen atoms in total. The van der Waals surface area contributed by atoms with Crippen LogP contribution in [0.15, 0.2) is 0 Å². The average molecular weight is 302 g/mol. The van der Waals surface area contributed by atoms with Gasteiger partial charge in [0.15, 0.2) is 5.13 Å². The first-order chi connectivity index (χ1) is 8.73. The number of hydrogen-bond donors (Lipinski definition) is 3. The maximum atomic E-state index is 12.0. The zero-order chi connectivity index (χ0) is 14.6. The van der Waals surface area contributed by atoms with Gasteiger partial charge in [-0.05, 0) is 27.0 Å². The molecule has 0 aliphatic carbocycles. The van der Waals surface area contributed by atoms with Crippen LogP contribution >= 0.6 is 23.1 Å². The van der Waals surface area contributed by atoms with Crippen LogP contribution in [0.4, 0.5) is 10.9 Å². The van der Waals surface area contributed by atoms with Crippen LogP contribution in [0.1, 0.15) is 37.4 Å². The summed E-state index contributed by atoms with van der Waals surface area (Å²) < 4.78 is 0. The van der Waals surface area contributed by atoms with Gasteiger partial charge in [0.05, 0.1) is 0 Å². The highest BCUT2D eigenvalue weighted by Gasteiger charge is 2.19. The molecule has 1 unspecified atom stereocenters.